The van der Waals surface area contributed by atoms with E-state index in [2.05, 4.69) is 0 Å². The maximum atomic E-state index is 12.7. The number of carbonyl (C=O) groups excluding carboxylic acids is 1. The minimum Gasteiger partial charge on any atom is -0.455 e. The monoisotopic (exact) mass is 307 g/mol. The first-order valence-corrected chi connectivity index (χ1v) is 7.33. The van der Waals surface area contributed by atoms with E-state index in [1.165, 1.54) is 6.92 Å². The van der Waals surface area contributed by atoms with Gasteiger partial charge in [0.1, 0.15) is 11.2 Å². The van der Waals surface area contributed by atoms with Gasteiger partial charge in [-0.25, -0.2) is 0 Å². The third-order valence-electron chi connectivity index (χ3n) is 3.66. The normalized spacial score (nSPS) is 11.9. The Morgan fingerprint density at radius 1 is 1.04 bits per heavy atom. The van der Waals surface area contributed by atoms with Gasteiger partial charge in [0, 0.05) is 31.4 Å². The Labute approximate surface area is 133 Å². The summed E-state index contributed by atoms with van der Waals surface area (Å²) in [6.45, 7) is 1.51. The van der Waals surface area contributed by atoms with Crippen molar-refractivity contribution in [3.8, 4) is 0 Å². The van der Waals surface area contributed by atoms with Gasteiger partial charge >= 0.3 is 0 Å². The van der Waals surface area contributed by atoms with Crippen LogP contribution < -0.4 is 5.43 Å². The molecule has 1 heterocycles. The van der Waals surface area contributed by atoms with Crippen molar-refractivity contribution < 1.29 is 9.21 Å². The molecule has 0 atom stereocenters. The molecule has 3 rings (SSSR count). The van der Waals surface area contributed by atoms with Crippen LogP contribution >= 0.6 is 0 Å². The fourth-order valence-electron chi connectivity index (χ4n) is 2.64. The molecular formula is C19H17NO3. The molecule has 23 heavy (non-hydrogen) atoms. The topological polar surface area (TPSA) is 50.5 Å². The molecule has 0 amide bonds. The number of hydrogen-bond acceptors (Lipinski definition) is 4. The number of nitrogens with zero attached hydrogens (tertiary/aromatic N) is 1. The van der Waals surface area contributed by atoms with E-state index >= 15 is 0 Å². The molecule has 3 aromatic rings. The van der Waals surface area contributed by atoms with Crippen LogP contribution in [-0.2, 0) is 4.79 Å². The zero-order chi connectivity index (χ0) is 16.6. The average molecular weight is 307 g/mol. The van der Waals surface area contributed by atoms with Gasteiger partial charge < -0.3 is 9.32 Å². The first-order chi connectivity index (χ1) is 11.0. The van der Waals surface area contributed by atoms with Crippen molar-refractivity contribution in [3.63, 3.8) is 0 Å². The molecule has 0 saturated carbocycles. The standard InChI is InChI=1S/C19H17NO3/c1-12(21)16(11-20(2)3)13-8-6-9-15-18(22)14-7-4-5-10-17(14)23-19(13)15/h4-11H,1-3H3/b16-11+. The molecule has 116 valence electrons. The third-order valence-corrected chi connectivity index (χ3v) is 3.66. The predicted molar refractivity (Wildman–Crippen MR) is 92.3 cm³/mol. The lowest BCUT2D eigenvalue weighted by Crippen LogP contribution is -2.08. The van der Waals surface area contributed by atoms with Crippen molar-refractivity contribution in [1.82, 2.24) is 4.90 Å². The Kier molecular flexibility index (Phi) is 3.74. The molecule has 4 nitrogen and oxygen atoms in total. The lowest BCUT2D eigenvalue weighted by atomic mass is 10.00. The molecule has 0 saturated heterocycles. The van der Waals surface area contributed by atoms with Crippen molar-refractivity contribution in [2.45, 2.75) is 6.92 Å². The van der Waals surface area contributed by atoms with Crippen LogP contribution in [0.4, 0.5) is 0 Å². The SMILES string of the molecule is CC(=O)/C(=C\N(C)C)c1cccc2c(=O)c3ccccc3oc12. The molecule has 0 unspecified atom stereocenters. The van der Waals surface area contributed by atoms with Crippen molar-refractivity contribution in [2.75, 3.05) is 14.1 Å². The van der Waals surface area contributed by atoms with E-state index in [4.69, 9.17) is 4.42 Å². The van der Waals surface area contributed by atoms with Crippen LogP contribution in [-0.4, -0.2) is 24.8 Å². The Balaban J connectivity index is 2.43. The molecule has 0 radical (unpaired) electrons. The number of rotatable bonds is 3. The smallest absolute Gasteiger partial charge is 0.200 e. The van der Waals surface area contributed by atoms with Crippen LogP contribution in [0.2, 0.25) is 0 Å². The quantitative estimate of drug-likeness (QED) is 0.549. The second-order valence-corrected chi connectivity index (χ2v) is 5.67. The summed E-state index contributed by atoms with van der Waals surface area (Å²) in [6.07, 6.45) is 1.74. The molecule has 1 aromatic heterocycles. The number of benzene rings is 2. The van der Waals surface area contributed by atoms with Gasteiger partial charge in [-0.2, -0.15) is 0 Å². The van der Waals surface area contributed by atoms with Crippen molar-refractivity contribution in [2.24, 2.45) is 0 Å². The van der Waals surface area contributed by atoms with Gasteiger partial charge in [0.2, 0.25) is 5.43 Å². The lowest BCUT2D eigenvalue weighted by molar-refractivity contribution is -0.111. The van der Waals surface area contributed by atoms with Gasteiger partial charge in [0.25, 0.3) is 0 Å². The van der Waals surface area contributed by atoms with Crippen LogP contribution in [0, 0.1) is 0 Å². The van der Waals surface area contributed by atoms with E-state index in [-0.39, 0.29) is 11.2 Å². The second kappa shape index (κ2) is 5.72. The van der Waals surface area contributed by atoms with Crippen molar-refractivity contribution in [1.29, 1.82) is 0 Å². The van der Waals surface area contributed by atoms with E-state index in [1.54, 1.807) is 41.4 Å². The summed E-state index contributed by atoms with van der Waals surface area (Å²) in [7, 11) is 3.69. The number of carbonyl (C=O) groups is 1. The predicted octanol–water partition coefficient (Wildman–Crippen LogP) is 3.44. The van der Waals surface area contributed by atoms with Crippen LogP contribution in [0.15, 0.2) is 57.9 Å². The van der Waals surface area contributed by atoms with E-state index in [0.717, 1.165) is 0 Å². The minimum atomic E-state index is -0.0866. The van der Waals surface area contributed by atoms with E-state index in [9.17, 15) is 9.59 Å². The summed E-state index contributed by atoms with van der Waals surface area (Å²) in [5, 5.41) is 1.02. The Hall–Kier alpha value is -2.88. The maximum Gasteiger partial charge on any atom is 0.200 e. The summed E-state index contributed by atoms with van der Waals surface area (Å²) in [6, 6.07) is 12.4. The molecule has 0 aliphatic carbocycles. The summed E-state index contributed by atoms with van der Waals surface area (Å²) in [5.41, 5.74) is 2.02. The molecule has 0 aliphatic heterocycles. The molecule has 0 spiro atoms. The fraction of sp³-hybridized carbons (Fsp3) is 0.158. The van der Waals surface area contributed by atoms with Crippen molar-refractivity contribution in [3.05, 3.63) is 64.5 Å². The molecule has 2 aromatic carbocycles. The summed E-state index contributed by atoms with van der Waals surface area (Å²) in [5.74, 6) is -0.0815. The van der Waals surface area contributed by atoms with Crippen molar-refractivity contribution >= 4 is 33.3 Å². The minimum absolute atomic E-state index is 0.0815. The second-order valence-electron chi connectivity index (χ2n) is 5.67. The lowest BCUT2D eigenvalue weighted by Gasteiger charge is -2.12. The molecule has 0 N–H and O–H groups in total. The van der Waals surface area contributed by atoms with Crippen LogP contribution in [0.25, 0.3) is 27.5 Å². The molecule has 0 fully saturated rings. The van der Waals surface area contributed by atoms with Gasteiger partial charge in [0.15, 0.2) is 5.78 Å². The van der Waals surface area contributed by atoms with Gasteiger partial charge in [-0.1, -0.05) is 24.3 Å². The van der Waals surface area contributed by atoms with Gasteiger partial charge in [0.05, 0.1) is 10.8 Å². The highest BCUT2D eigenvalue weighted by Gasteiger charge is 2.16. The zero-order valence-corrected chi connectivity index (χ0v) is 13.3. The highest BCUT2D eigenvalue weighted by Crippen LogP contribution is 2.27. The highest BCUT2D eigenvalue weighted by atomic mass is 16.3. The third kappa shape index (κ3) is 2.63. The van der Waals surface area contributed by atoms with Crippen LogP contribution in [0.1, 0.15) is 12.5 Å². The summed E-state index contributed by atoms with van der Waals surface area (Å²) < 4.78 is 5.96. The number of allylic oxidation sites excluding steroid dienone is 1. The van der Waals surface area contributed by atoms with Gasteiger partial charge in [-0.15, -0.1) is 0 Å². The summed E-state index contributed by atoms with van der Waals surface area (Å²) >= 11 is 0. The molecular weight excluding hydrogens is 290 g/mol. The van der Waals surface area contributed by atoms with E-state index in [0.29, 0.717) is 33.1 Å². The Morgan fingerprint density at radius 2 is 1.74 bits per heavy atom. The van der Waals surface area contributed by atoms with Gasteiger partial charge in [-0.05, 0) is 25.1 Å². The fourth-order valence-corrected chi connectivity index (χ4v) is 2.64. The Morgan fingerprint density at radius 3 is 2.43 bits per heavy atom. The zero-order valence-electron chi connectivity index (χ0n) is 13.3. The molecule has 0 aliphatic rings. The number of hydrogen-bond donors (Lipinski definition) is 0. The largest absolute Gasteiger partial charge is 0.455 e. The molecule has 4 heteroatoms. The number of para-hydroxylation sites is 2. The Bertz CT molecular complexity index is 996. The van der Waals surface area contributed by atoms with E-state index < -0.39 is 0 Å². The maximum absolute atomic E-state index is 12.7. The number of ketones is 1. The highest BCUT2D eigenvalue weighted by molar-refractivity contribution is 6.22. The van der Waals surface area contributed by atoms with E-state index in [1.807, 2.05) is 26.2 Å². The molecule has 0 bridgehead atoms. The number of Topliss-reactive ketones (excluding diaryl/α,β-unsaturated/α-hetero) is 1. The van der Waals surface area contributed by atoms with Crippen LogP contribution in [0.5, 0.6) is 0 Å². The first kappa shape index (κ1) is 15.0. The first-order valence-electron chi connectivity index (χ1n) is 7.33. The van der Waals surface area contributed by atoms with Gasteiger partial charge in [-0.3, -0.25) is 9.59 Å². The number of fused-ring (bicyclic) bond motifs is 2. The average Bonchev–Trinajstić information content (AvgIpc) is 2.52. The van der Waals surface area contributed by atoms with Crippen LogP contribution in [0.3, 0.4) is 0 Å². The summed E-state index contributed by atoms with van der Waals surface area (Å²) in [4.78, 5) is 26.5.